The maximum atomic E-state index is 11.8. The fraction of sp³-hybridized carbons (Fsp3) is 0.900. The number of carbonyl (C=O) groups excluding carboxylic acids is 1. The summed E-state index contributed by atoms with van der Waals surface area (Å²) in [6.07, 6.45) is -2.51. The molecule has 0 aromatic heterocycles. The van der Waals surface area contributed by atoms with Crippen molar-refractivity contribution in [1.29, 1.82) is 0 Å². The van der Waals surface area contributed by atoms with Crippen LogP contribution in [0, 0.1) is 0 Å². The van der Waals surface area contributed by atoms with Crippen LogP contribution in [0.2, 0.25) is 0 Å². The maximum absolute atomic E-state index is 11.8. The van der Waals surface area contributed by atoms with Crippen LogP contribution in [0.25, 0.3) is 0 Å². The lowest BCUT2D eigenvalue weighted by atomic mass is 10.1. The van der Waals surface area contributed by atoms with Crippen LogP contribution in [0.15, 0.2) is 0 Å². The van der Waals surface area contributed by atoms with E-state index in [4.69, 9.17) is 4.74 Å². The Bertz CT molecular complexity index is 240. The third kappa shape index (κ3) is 7.17. The zero-order valence-electron chi connectivity index (χ0n) is 9.48. The van der Waals surface area contributed by atoms with Crippen LogP contribution in [-0.4, -0.2) is 44.4 Å². The van der Waals surface area contributed by atoms with Gasteiger partial charge in [-0.05, 0) is 25.9 Å². The van der Waals surface area contributed by atoms with Gasteiger partial charge in [-0.1, -0.05) is 0 Å². The van der Waals surface area contributed by atoms with Crippen LogP contribution in [0.3, 0.4) is 0 Å². The number of hydrogen-bond acceptors (Lipinski definition) is 3. The Morgan fingerprint density at radius 1 is 1.35 bits per heavy atom. The van der Waals surface area contributed by atoms with E-state index in [0.29, 0.717) is 0 Å². The van der Waals surface area contributed by atoms with Gasteiger partial charge in [-0.25, -0.2) is 0 Å². The summed E-state index contributed by atoms with van der Waals surface area (Å²) in [5, 5.41) is 4.97. The quantitative estimate of drug-likeness (QED) is 0.764. The Kier molecular flexibility index (Phi) is 5.70. The molecular formula is C10H17F3N2O2. The van der Waals surface area contributed by atoms with Gasteiger partial charge in [0, 0.05) is 6.42 Å². The molecule has 1 saturated heterocycles. The molecule has 0 spiro atoms. The predicted octanol–water partition coefficient (Wildman–Crippen LogP) is 0.824. The van der Waals surface area contributed by atoms with Gasteiger partial charge in [0.1, 0.15) is 6.54 Å². The number of amides is 1. The average molecular weight is 254 g/mol. The van der Waals surface area contributed by atoms with Gasteiger partial charge < -0.3 is 15.4 Å². The SMILES string of the molecule is O=C(CCOC1CCNCC1)NCC(F)(F)F. The Morgan fingerprint density at radius 3 is 2.59 bits per heavy atom. The number of carbonyl (C=O) groups is 1. The number of alkyl halides is 3. The van der Waals surface area contributed by atoms with E-state index in [1.165, 1.54) is 0 Å². The molecule has 1 fully saturated rings. The lowest BCUT2D eigenvalue weighted by molar-refractivity contribution is -0.139. The highest BCUT2D eigenvalue weighted by atomic mass is 19.4. The molecule has 4 nitrogen and oxygen atoms in total. The minimum atomic E-state index is -4.36. The van der Waals surface area contributed by atoms with Crippen LogP contribution in [-0.2, 0) is 9.53 Å². The average Bonchev–Trinajstić information content (AvgIpc) is 2.27. The molecule has 7 heteroatoms. The lowest BCUT2D eigenvalue weighted by Crippen LogP contribution is -2.35. The highest BCUT2D eigenvalue weighted by Gasteiger charge is 2.27. The molecular weight excluding hydrogens is 237 g/mol. The first-order valence-electron chi connectivity index (χ1n) is 5.63. The largest absolute Gasteiger partial charge is 0.405 e. The van der Waals surface area contributed by atoms with Gasteiger partial charge in [0.05, 0.1) is 12.7 Å². The Morgan fingerprint density at radius 2 is 2.00 bits per heavy atom. The van der Waals surface area contributed by atoms with Crippen molar-refractivity contribution in [2.45, 2.75) is 31.5 Å². The maximum Gasteiger partial charge on any atom is 0.405 e. The van der Waals surface area contributed by atoms with E-state index in [0.717, 1.165) is 25.9 Å². The summed E-state index contributed by atoms with van der Waals surface area (Å²) in [5.74, 6) is -0.628. The topological polar surface area (TPSA) is 50.4 Å². The zero-order valence-corrected chi connectivity index (χ0v) is 9.48. The molecule has 17 heavy (non-hydrogen) atoms. The van der Waals surface area contributed by atoms with Gasteiger partial charge in [-0.3, -0.25) is 4.79 Å². The molecule has 0 atom stereocenters. The normalized spacial score (nSPS) is 18.1. The van der Waals surface area contributed by atoms with Crippen molar-refractivity contribution >= 4 is 5.91 Å². The smallest absolute Gasteiger partial charge is 0.378 e. The van der Waals surface area contributed by atoms with Crippen LogP contribution < -0.4 is 10.6 Å². The van der Waals surface area contributed by atoms with Crippen molar-refractivity contribution in [2.24, 2.45) is 0 Å². The second kappa shape index (κ2) is 6.80. The Hall–Kier alpha value is -0.820. The third-order valence-electron chi connectivity index (χ3n) is 2.45. The van der Waals surface area contributed by atoms with Crippen molar-refractivity contribution < 1.29 is 22.7 Å². The number of rotatable bonds is 5. The van der Waals surface area contributed by atoms with Gasteiger partial charge >= 0.3 is 6.18 Å². The molecule has 1 heterocycles. The molecule has 0 bridgehead atoms. The fourth-order valence-electron chi connectivity index (χ4n) is 1.57. The molecule has 1 aliphatic rings. The van der Waals surface area contributed by atoms with E-state index in [1.807, 2.05) is 0 Å². The Labute approximate surface area is 97.9 Å². The van der Waals surface area contributed by atoms with Crippen molar-refractivity contribution in [2.75, 3.05) is 26.2 Å². The highest BCUT2D eigenvalue weighted by Crippen LogP contribution is 2.12. The number of piperidine rings is 1. The molecule has 0 radical (unpaired) electrons. The summed E-state index contributed by atoms with van der Waals surface area (Å²) in [6.45, 7) is 0.656. The lowest BCUT2D eigenvalue weighted by Gasteiger charge is -2.22. The minimum absolute atomic E-state index is 0.0278. The van der Waals surface area contributed by atoms with Gasteiger partial charge in [0.15, 0.2) is 0 Å². The molecule has 2 N–H and O–H groups in total. The molecule has 100 valence electrons. The van der Waals surface area contributed by atoms with Crippen molar-refractivity contribution in [3.05, 3.63) is 0 Å². The summed E-state index contributed by atoms with van der Waals surface area (Å²) in [6, 6.07) is 0. The number of halogens is 3. The first-order valence-corrected chi connectivity index (χ1v) is 5.63. The molecule has 1 aliphatic heterocycles. The third-order valence-corrected chi connectivity index (χ3v) is 2.45. The van der Waals surface area contributed by atoms with Crippen LogP contribution >= 0.6 is 0 Å². The zero-order chi connectivity index (χ0) is 12.7. The molecule has 1 amide bonds. The first kappa shape index (κ1) is 14.2. The highest BCUT2D eigenvalue weighted by molar-refractivity contribution is 5.75. The number of ether oxygens (including phenoxy) is 1. The minimum Gasteiger partial charge on any atom is -0.378 e. The van der Waals surface area contributed by atoms with E-state index < -0.39 is 18.6 Å². The molecule has 0 aliphatic carbocycles. The van der Waals surface area contributed by atoms with Crippen LogP contribution in [0.4, 0.5) is 13.2 Å². The molecule has 1 rings (SSSR count). The van der Waals surface area contributed by atoms with E-state index in [2.05, 4.69) is 5.32 Å². The summed E-state index contributed by atoms with van der Waals surface area (Å²) < 4.78 is 40.7. The van der Waals surface area contributed by atoms with E-state index in [1.54, 1.807) is 5.32 Å². The predicted molar refractivity (Wildman–Crippen MR) is 55.5 cm³/mol. The summed E-state index contributed by atoms with van der Waals surface area (Å²) in [4.78, 5) is 11.0. The van der Waals surface area contributed by atoms with Crippen LogP contribution in [0.5, 0.6) is 0 Å². The Balaban J connectivity index is 2.03. The second-order valence-corrected chi connectivity index (χ2v) is 3.96. The first-order chi connectivity index (χ1) is 7.97. The fourth-order valence-corrected chi connectivity index (χ4v) is 1.57. The van der Waals surface area contributed by atoms with Crippen molar-refractivity contribution in [3.8, 4) is 0 Å². The summed E-state index contributed by atoms with van der Waals surface area (Å²) >= 11 is 0. The van der Waals surface area contributed by atoms with Gasteiger partial charge in [-0.2, -0.15) is 13.2 Å². The van der Waals surface area contributed by atoms with Gasteiger partial charge in [0.25, 0.3) is 0 Å². The summed E-state index contributed by atoms with van der Waals surface area (Å²) in [7, 11) is 0. The molecule has 0 saturated carbocycles. The van der Waals surface area contributed by atoms with Gasteiger partial charge in [0.2, 0.25) is 5.91 Å². The number of hydrogen-bond donors (Lipinski definition) is 2. The second-order valence-electron chi connectivity index (χ2n) is 3.96. The monoisotopic (exact) mass is 254 g/mol. The van der Waals surface area contributed by atoms with E-state index in [-0.39, 0.29) is 19.1 Å². The van der Waals surface area contributed by atoms with E-state index >= 15 is 0 Å². The molecule has 0 aromatic rings. The van der Waals surface area contributed by atoms with Crippen LogP contribution in [0.1, 0.15) is 19.3 Å². The van der Waals surface area contributed by atoms with Crippen molar-refractivity contribution in [1.82, 2.24) is 10.6 Å². The summed E-state index contributed by atoms with van der Waals surface area (Å²) in [5.41, 5.74) is 0. The number of nitrogens with one attached hydrogen (secondary N) is 2. The van der Waals surface area contributed by atoms with Crippen molar-refractivity contribution in [3.63, 3.8) is 0 Å². The van der Waals surface area contributed by atoms with E-state index in [9.17, 15) is 18.0 Å². The standard InChI is InChI=1S/C10H17F3N2O2/c11-10(12,13)7-15-9(16)3-6-17-8-1-4-14-5-2-8/h8,14H,1-7H2,(H,15,16). The van der Waals surface area contributed by atoms with Gasteiger partial charge in [-0.15, -0.1) is 0 Å². The molecule has 0 unspecified atom stereocenters. The molecule has 0 aromatic carbocycles.